The molecule has 0 unspecified atom stereocenters. The van der Waals surface area contributed by atoms with E-state index in [1.165, 1.54) is 0 Å². The highest BCUT2D eigenvalue weighted by Gasteiger charge is 2.27. The van der Waals surface area contributed by atoms with Gasteiger partial charge in [-0.1, -0.05) is 23.7 Å². The molecule has 3 atom stereocenters. The molecule has 2 aromatic rings. The van der Waals surface area contributed by atoms with Gasteiger partial charge in [0.15, 0.2) is 0 Å². The Bertz CT molecular complexity index is 718. The van der Waals surface area contributed by atoms with Gasteiger partial charge in [0, 0.05) is 28.9 Å². The molecule has 0 radical (unpaired) electrons. The molecule has 3 rings (SSSR count). The maximum atomic E-state index is 12.3. The zero-order valence-electron chi connectivity index (χ0n) is 13.8. The Hall–Kier alpha value is -1.88. The van der Waals surface area contributed by atoms with Gasteiger partial charge in [-0.25, -0.2) is 0 Å². The number of anilines is 1. The summed E-state index contributed by atoms with van der Waals surface area (Å²) in [5.74, 6) is -0.159. The summed E-state index contributed by atoms with van der Waals surface area (Å²) in [5, 5.41) is 6.98. The number of carbonyl (C=O) groups is 1. The maximum Gasteiger partial charge on any atom is 0.255 e. The lowest BCUT2D eigenvalue weighted by molar-refractivity contribution is -0.0519. The summed E-state index contributed by atoms with van der Waals surface area (Å²) in [5.41, 5.74) is 2.37. The molecule has 0 bridgehead atoms. The quantitative estimate of drug-likeness (QED) is 0.883. The molecule has 0 spiro atoms. The second kappa shape index (κ2) is 7.34. The Morgan fingerprint density at radius 1 is 1.21 bits per heavy atom. The first-order chi connectivity index (χ1) is 11.5. The largest absolute Gasteiger partial charge is 0.368 e. The van der Waals surface area contributed by atoms with Crippen LogP contribution in [0.25, 0.3) is 0 Å². The zero-order valence-corrected chi connectivity index (χ0v) is 14.5. The van der Waals surface area contributed by atoms with Crippen LogP contribution in [0, 0.1) is 0 Å². The normalized spacial score (nSPS) is 23.7. The fourth-order valence-corrected chi connectivity index (χ4v) is 2.97. The van der Waals surface area contributed by atoms with Crippen LogP contribution in [0.2, 0.25) is 5.02 Å². The Kier molecular flexibility index (Phi) is 5.19. The third-order valence-electron chi connectivity index (χ3n) is 4.14. The van der Waals surface area contributed by atoms with Crippen LogP contribution in [-0.4, -0.2) is 24.6 Å². The van der Waals surface area contributed by atoms with Crippen molar-refractivity contribution in [2.24, 2.45) is 0 Å². The molecule has 1 aliphatic rings. The number of ether oxygens (including phenoxy) is 1. The second-order valence-corrected chi connectivity index (χ2v) is 6.59. The van der Waals surface area contributed by atoms with E-state index >= 15 is 0 Å². The predicted octanol–water partition coefficient (Wildman–Crippen LogP) is 4.03. The van der Waals surface area contributed by atoms with Gasteiger partial charge < -0.3 is 15.4 Å². The van der Waals surface area contributed by atoms with E-state index in [9.17, 15) is 4.79 Å². The minimum absolute atomic E-state index is 0.0267. The lowest BCUT2D eigenvalue weighted by Gasteiger charge is -2.34. The lowest BCUT2D eigenvalue weighted by Crippen LogP contribution is -2.45. The number of benzene rings is 2. The van der Waals surface area contributed by atoms with Crippen molar-refractivity contribution in [3.05, 3.63) is 64.7 Å². The lowest BCUT2D eigenvalue weighted by atomic mass is 10.0. The molecular formula is C19H21ClN2O2. The van der Waals surface area contributed by atoms with E-state index in [0.29, 0.717) is 10.6 Å². The molecule has 5 heteroatoms. The van der Waals surface area contributed by atoms with Crippen molar-refractivity contribution in [1.82, 2.24) is 5.32 Å². The Balaban J connectivity index is 1.75. The van der Waals surface area contributed by atoms with Gasteiger partial charge >= 0.3 is 0 Å². The first-order valence-electron chi connectivity index (χ1n) is 8.08. The zero-order chi connectivity index (χ0) is 17.1. The fourth-order valence-electron chi connectivity index (χ4n) is 2.84. The van der Waals surface area contributed by atoms with Gasteiger partial charge in [-0.15, -0.1) is 0 Å². The first-order valence-corrected chi connectivity index (χ1v) is 8.46. The molecule has 4 nitrogen and oxygen atoms in total. The molecule has 1 amide bonds. The third kappa shape index (κ3) is 3.96. The summed E-state index contributed by atoms with van der Waals surface area (Å²) >= 11 is 5.86. The van der Waals surface area contributed by atoms with Gasteiger partial charge in [-0.3, -0.25) is 4.79 Å². The number of nitrogens with one attached hydrogen (secondary N) is 2. The summed E-state index contributed by atoms with van der Waals surface area (Å²) in [6.45, 7) is 5.01. The van der Waals surface area contributed by atoms with Crippen LogP contribution < -0.4 is 10.6 Å². The molecule has 126 valence electrons. The number of rotatable bonds is 3. The number of halogens is 1. The van der Waals surface area contributed by atoms with Crippen molar-refractivity contribution in [1.29, 1.82) is 0 Å². The summed E-state index contributed by atoms with van der Waals surface area (Å²) in [7, 11) is 0. The Morgan fingerprint density at radius 2 is 1.96 bits per heavy atom. The highest BCUT2D eigenvalue weighted by atomic mass is 35.5. The van der Waals surface area contributed by atoms with Crippen LogP contribution in [0.1, 0.15) is 35.9 Å². The van der Waals surface area contributed by atoms with Gasteiger partial charge in [0.2, 0.25) is 0 Å². The maximum absolute atomic E-state index is 12.3. The first kappa shape index (κ1) is 17.0. The van der Waals surface area contributed by atoms with Gasteiger partial charge in [0.1, 0.15) is 0 Å². The summed E-state index contributed by atoms with van der Waals surface area (Å²) in [6.07, 6.45) is 0.139. The minimum atomic E-state index is -0.159. The van der Waals surface area contributed by atoms with Gasteiger partial charge in [-0.2, -0.15) is 0 Å². The Morgan fingerprint density at radius 3 is 2.71 bits per heavy atom. The van der Waals surface area contributed by atoms with Gasteiger partial charge in [-0.05, 0) is 55.8 Å². The number of morpholine rings is 1. The van der Waals surface area contributed by atoms with Crippen molar-refractivity contribution >= 4 is 23.2 Å². The molecular weight excluding hydrogens is 324 g/mol. The molecule has 2 aromatic carbocycles. The molecule has 1 aliphatic heterocycles. The highest BCUT2D eigenvalue weighted by Crippen LogP contribution is 2.28. The minimum Gasteiger partial charge on any atom is -0.368 e. The fraction of sp³-hybridized carbons (Fsp3) is 0.316. The molecule has 1 fully saturated rings. The topological polar surface area (TPSA) is 50.4 Å². The van der Waals surface area contributed by atoms with Gasteiger partial charge in [0.05, 0.1) is 12.2 Å². The summed E-state index contributed by atoms with van der Waals surface area (Å²) < 4.78 is 6.05. The summed E-state index contributed by atoms with van der Waals surface area (Å²) in [4.78, 5) is 12.3. The average molecular weight is 345 g/mol. The van der Waals surface area contributed by atoms with Crippen molar-refractivity contribution in [3.8, 4) is 0 Å². The molecule has 2 N–H and O–H groups in total. The molecule has 24 heavy (non-hydrogen) atoms. The van der Waals surface area contributed by atoms with Crippen molar-refractivity contribution in [2.75, 3.05) is 11.9 Å². The Labute approximate surface area is 147 Å². The van der Waals surface area contributed by atoms with E-state index in [-0.39, 0.29) is 24.2 Å². The molecule has 0 saturated carbocycles. The van der Waals surface area contributed by atoms with E-state index in [0.717, 1.165) is 17.8 Å². The highest BCUT2D eigenvalue weighted by molar-refractivity contribution is 6.30. The smallest absolute Gasteiger partial charge is 0.255 e. The van der Waals surface area contributed by atoms with E-state index in [4.69, 9.17) is 16.3 Å². The van der Waals surface area contributed by atoms with Crippen molar-refractivity contribution in [2.45, 2.75) is 32.1 Å². The van der Waals surface area contributed by atoms with E-state index in [1.54, 1.807) is 24.3 Å². The van der Waals surface area contributed by atoms with Gasteiger partial charge in [0.25, 0.3) is 5.91 Å². The molecule has 0 aromatic heterocycles. The molecule has 1 heterocycles. The SMILES string of the molecule is C[C@@H]1CN[C@H](C)[C@H](c2cccc(NC(=O)c3ccc(Cl)cc3)c2)O1. The number of amides is 1. The predicted molar refractivity (Wildman–Crippen MR) is 96.6 cm³/mol. The van der Waals surface area contributed by atoms with Crippen LogP contribution in [0.3, 0.4) is 0 Å². The van der Waals surface area contributed by atoms with Crippen molar-refractivity contribution < 1.29 is 9.53 Å². The molecule has 1 saturated heterocycles. The van der Waals surface area contributed by atoms with Crippen LogP contribution >= 0.6 is 11.6 Å². The van der Waals surface area contributed by atoms with Crippen LogP contribution in [-0.2, 0) is 4.74 Å². The number of hydrogen-bond acceptors (Lipinski definition) is 3. The number of hydrogen-bond donors (Lipinski definition) is 2. The van der Waals surface area contributed by atoms with Crippen LogP contribution in [0.5, 0.6) is 0 Å². The monoisotopic (exact) mass is 344 g/mol. The van der Waals surface area contributed by atoms with Crippen LogP contribution in [0.15, 0.2) is 48.5 Å². The van der Waals surface area contributed by atoms with Crippen LogP contribution in [0.4, 0.5) is 5.69 Å². The average Bonchev–Trinajstić information content (AvgIpc) is 2.58. The van der Waals surface area contributed by atoms with E-state index in [2.05, 4.69) is 24.5 Å². The number of carbonyl (C=O) groups excluding carboxylic acids is 1. The standard InChI is InChI=1S/C19H21ClN2O2/c1-12-11-21-13(2)18(24-12)15-4-3-5-17(10-15)22-19(23)14-6-8-16(20)9-7-14/h3-10,12-13,18,21H,11H2,1-2H3,(H,22,23)/t12-,13-,18-/m1/s1. The third-order valence-corrected chi connectivity index (χ3v) is 4.39. The molecule has 0 aliphatic carbocycles. The van der Waals surface area contributed by atoms with Crippen molar-refractivity contribution in [3.63, 3.8) is 0 Å². The second-order valence-electron chi connectivity index (χ2n) is 6.15. The van der Waals surface area contributed by atoms with E-state index < -0.39 is 0 Å². The van der Waals surface area contributed by atoms with E-state index in [1.807, 2.05) is 24.3 Å². The summed E-state index contributed by atoms with van der Waals surface area (Å²) in [6, 6.07) is 14.9.